The lowest BCUT2D eigenvalue weighted by molar-refractivity contribution is 0.112. The first-order valence-electron chi connectivity index (χ1n) is 4.56. The number of hydrogen-bond acceptors (Lipinski definition) is 4. The van der Waals surface area contributed by atoms with Crippen molar-refractivity contribution in [2.75, 3.05) is 0 Å². The molecule has 0 saturated carbocycles. The Labute approximate surface area is 95.5 Å². The number of aldehydes is 1. The number of nitrogens with zero attached hydrogens (tertiary/aromatic N) is 1. The summed E-state index contributed by atoms with van der Waals surface area (Å²) in [6.07, 6.45) is 2.23. The minimum absolute atomic E-state index is 0.238. The predicted molar refractivity (Wildman–Crippen MR) is 58.2 cm³/mol. The standard InChI is InChI=1S/C11H8FNO2S/c12-8-2-1-3-9(4-8)15-7-11-13-5-10(6-14)16-11/h1-6H,7H2. The maximum absolute atomic E-state index is 12.8. The van der Waals surface area contributed by atoms with Crippen molar-refractivity contribution in [2.45, 2.75) is 6.61 Å². The highest BCUT2D eigenvalue weighted by molar-refractivity contribution is 7.13. The summed E-state index contributed by atoms with van der Waals surface area (Å²) in [5.41, 5.74) is 0. The van der Waals surface area contributed by atoms with E-state index in [1.807, 2.05) is 0 Å². The second-order valence-electron chi connectivity index (χ2n) is 3.02. The first-order chi connectivity index (χ1) is 7.78. The zero-order valence-electron chi connectivity index (χ0n) is 8.22. The van der Waals surface area contributed by atoms with E-state index in [2.05, 4.69) is 4.98 Å². The highest BCUT2D eigenvalue weighted by Crippen LogP contribution is 2.16. The molecule has 0 aliphatic heterocycles. The quantitative estimate of drug-likeness (QED) is 0.767. The third-order valence-electron chi connectivity index (χ3n) is 1.85. The van der Waals surface area contributed by atoms with Crippen LogP contribution in [-0.4, -0.2) is 11.3 Å². The van der Waals surface area contributed by atoms with Gasteiger partial charge in [-0.1, -0.05) is 6.07 Å². The molecule has 0 aliphatic rings. The van der Waals surface area contributed by atoms with E-state index in [1.54, 1.807) is 12.1 Å². The Morgan fingerprint density at radius 3 is 3.06 bits per heavy atom. The Bertz CT molecular complexity index is 498. The molecule has 0 bridgehead atoms. The molecular formula is C11H8FNO2S. The van der Waals surface area contributed by atoms with Gasteiger partial charge in [-0.05, 0) is 12.1 Å². The molecule has 0 saturated heterocycles. The molecule has 5 heteroatoms. The summed E-state index contributed by atoms with van der Waals surface area (Å²) in [6.45, 7) is 0.238. The van der Waals surface area contributed by atoms with Crippen LogP contribution in [0.1, 0.15) is 14.7 Å². The van der Waals surface area contributed by atoms with Crippen molar-refractivity contribution in [2.24, 2.45) is 0 Å². The maximum atomic E-state index is 12.8. The Kier molecular flexibility index (Phi) is 3.26. The van der Waals surface area contributed by atoms with E-state index >= 15 is 0 Å². The molecule has 3 nitrogen and oxygen atoms in total. The fourth-order valence-corrected chi connectivity index (χ4v) is 1.80. The third-order valence-corrected chi connectivity index (χ3v) is 2.74. The molecule has 0 radical (unpaired) electrons. The van der Waals surface area contributed by atoms with Crippen LogP contribution in [0.25, 0.3) is 0 Å². The number of hydrogen-bond donors (Lipinski definition) is 0. The van der Waals surface area contributed by atoms with Crippen LogP contribution in [0, 0.1) is 5.82 Å². The summed E-state index contributed by atoms with van der Waals surface area (Å²) in [4.78, 5) is 15.0. The summed E-state index contributed by atoms with van der Waals surface area (Å²) < 4.78 is 18.1. The van der Waals surface area contributed by atoms with Gasteiger partial charge < -0.3 is 4.74 Å². The van der Waals surface area contributed by atoms with Crippen molar-refractivity contribution in [3.05, 3.63) is 46.2 Å². The summed E-state index contributed by atoms with van der Waals surface area (Å²) >= 11 is 1.26. The van der Waals surface area contributed by atoms with Crippen LogP contribution in [-0.2, 0) is 6.61 Å². The molecule has 0 unspecified atom stereocenters. The van der Waals surface area contributed by atoms with E-state index in [0.717, 1.165) is 6.29 Å². The summed E-state index contributed by atoms with van der Waals surface area (Å²) in [7, 11) is 0. The lowest BCUT2D eigenvalue weighted by atomic mass is 10.3. The third kappa shape index (κ3) is 2.64. The van der Waals surface area contributed by atoms with Crippen molar-refractivity contribution >= 4 is 17.6 Å². The van der Waals surface area contributed by atoms with E-state index in [1.165, 1.54) is 29.7 Å². The molecule has 0 fully saturated rings. The monoisotopic (exact) mass is 237 g/mol. The number of carbonyl (C=O) groups is 1. The summed E-state index contributed by atoms with van der Waals surface area (Å²) in [5, 5.41) is 0.686. The second kappa shape index (κ2) is 4.85. The van der Waals surface area contributed by atoms with Crippen LogP contribution in [0.2, 0.25) is 0 Å². The van der Waals surface area contributed by atoms with E-state index in [-0.39, 0.29) is 12.4 Å². The van der Waals surface area contributed by atoms with Gasteiger partial charge in [-0.25, -0.2) is 9.37 Å². The highest BCUT2D eigenvalue weighted by atomic mass is 32.1. The molecule has 16 heavy (non-hydrogen) atoms. The van der Waals surface area contributed by atoms with Gasteiger partial charge >= 0.3 is 0 Å². The number of benzene rings is 1. The normalized spacial score (nSPS) is 10.1. The maximum Gasteiger partial charge on any atom is 0.161 e. The zero-order chi connectivity index (χ0) is 11.4. The fourth-order valence-electron chi connectivity index (χ4n) is 1.15. The number of carbonyl (C=O) groups excluding carboxylic acids is 1. The molecule has 1 aromatic carbocycles. The molecule has 0 amide bonds. The Morgan fingerprint density at radius 2 is 2.38 bits per heavy atom. The molecule has 0 N–H and O–H groups in total. The van der Waals surface area contributed by atoms with Crippen LogP contribution < -0.4 is 4.74 Å². The number of aromatic nitrogens is 1. The smallest absolute Gasteiger partial charge is 0.161 e. The average molecular weight is 237 g/mol. The topological polar surface area (TPSA) is 39.2 Å². The van der Waals surface area contributed by atoms with Gasteiger partial charge in [-0.3, -0.25) is 4.79 Å². The molecule has 1 aromatic heterocycles. The van der Waals surface area contributed by atoms with Gasteiger partial charge in [-0.2, -0.15) is 0 Å². The lowest BCUT2D eigenvalue weighted by Crippen LogP contribution is -1.94. The number of rotatable bonds is 4. The minimum Gasteiger partial charge on any atom is -0.486 e. The van der Waals surface area contributed by atoms with Gasteiger partial charge in [-0.15, -0.1) is 11.3 Å². The number of halogens is 1. The molecule has 0 aliphatic carbocycles. The number of ether oxygens (including phenoxy) is 1. The van der Waals surface area contributed by atoms with Crippen LogP contribution in [0.15, 0.2) is 30.5 Å². The van der Waals surface area contributed by atoms with Gasteiger partial charge in [0, 0.05) is 12.3 Å². The van der Waals surface area contributed by atoms with E-state index < -0.39 is 0 Å². The Hall–Kier alpha value is -1.75. The van der Waals surface area contributed by atoms with Gasteiger partial charge in [0.1, 0.15) is 23.2 Å². The van der Waals surface area contributed by atoms with Gasteiger partial charge in [0.15, 0.2) is 6.29 Å². The number of thiazole rings is 1. The van der Waals surface area contributed by atoms with Crippen molar-refractivity contribution in [1.82, 2.24) is 4.98 Å². The van der Waals surface area contributed by atoms with E-state index in [9.17, 15) is 9.18 Å². The fraction of sp³-hybridized carbons (Fsp3) is 0.0909. The highest BCUT2D eigenvalue weighted by Gasteiger charge is 2.02. The van der Waals surface area contributed by atoms with Crippen molar-refractivity contribution in [3.63, 3.8) is 0 Å². The predicted octanol–water partition coefficient (Wildman–Crippen LogP) is 2.67. The van der Waals surface area contributed by atoms with E-state index in [4.69, 9.17) is 4.74 Å². The Balaban J connectivity index is 1.99. The zero-order valence-corrected chi connectivity index (χ0v) is 9.04. The van der Waals surface area contributed by atoms with Crippen molar-refractivity contribution in [1.29, 1.82) is 0 Å². The van der Waals surface area contributed by atoms with Crippen molar-refractivity contribution in [3.8, 4) is 5.75 Å². The van der Waals surface area contributed by atoms with E-state index in [0.29, 0.717) is 15.6 Å². The minimum atomic E-state index is -0.342. The molecule has 0 atom stereocenters. The SMILES string of the molecule is O=Cc1cnc(COc2cccc(F)c2)s1. The van der Waals surface area contributed by atoms with Crippen LogP contribution in [0.5, 0.6) is 5.75 Å². The van der Waals surface area contributed by atoms with Gasteiger partial charge in [0.05, 0.1) is 4.88 Å². The molecule has 1 heterocycles. The first kappa shape index (κ1) is 10.8. The Morgan fingerprint density at radius 1 is 1.50 bits per heavy atom. The van der Waals surface area contributed by atoms with Gasteiger partial charge in [0.2, 0.25) is 0 Å². The molecule has 0 spiro atoms. The molecule has 2 rings (SSSR count). The lowest BCUT2D eigenvalue weighted by Gasteiger charge is -2.02. The molecular weight excluding hydrogens is 229 g/mol. The largest absolute Gasteiger partial charge is 0.486 e. The van der Waals surface area contributed by atoms with Crippen LogP contribution in [0.4, 0.5) is 4.39 Å². The summed E-state index contributed by atoms with van der Waals surface area (Å²) in [5.74, 6) is 0.105. The average Bonchev–Trinajstić information content (AvgIpc) is 2.74. The molecule has 82 valence electrons. The summed E-state index contributed by atoms with van der Waals surface area (Å²) in [6, 6.07) is 5.88. The first-order valence-corrected chi connectivity index (χ1v) is 5.38. The second-order valence-corrected chi connectivity index (χ2v) is 4.17. The van der Waals surface area contributed by atoms with Crippen molar-refractivity contribution < 1.29 is 13.9 Å². The molecule has 2 aromatic rings. The van der Waals surface area contributed by atoms with Gasteiger partial charge in [0.25, 0.3) is 0 Å². The van der Waals surface area contributed by atoms with Crippen LogP contribution in [0.3, 0.4) is 0 Å². The van der Waals surface area contributed by atoms with Crippen LogP contribution >= 0.6 is 11.3 Å².